The van der Waals surface area contributed by atoms with Crippen molar-refractivity contribution in [3.8, 4) is 5.75 Å². The number of hydrogen-bond acceptors (Lipinski definition) is 4. The van der Waals surface area contributed by atoms with Gasteiger partial charge in [-0.05, 0) is 55.3 Å². The summed E-state index contributed by atoms with van der Waals surface area (Å²) < 4.78 is 5.04. The predicted molar refractivity (Wildman–Crippen MR) is 101 cm³/mol. The summed E-state index contributed by atoms with van der Waals surface area (Å²) in [7, 11) is 1.55. The quantitative estimate of drug-likeness (QED) is 0.697. The van der Waals surface area contributed by atoms with Crippen LogP contribution in [0.15, 0.2) is 48.5 Å². The Morgan fingerprint density at radius 1 is 1.00 bits per heavy atom. The van der Waals surface area contributed by atoms with E-state index in [1.807, 2.05) is 0 Å². The van der Waals surface area contributed by atoms with Crippen LogP contribution in [-0.4, -0.2) is 37.4 Å². The summed E-state index contributed by atoms with van der Waals surface area (Å²) in [6.45, 7) is -0.177. The molecule has 1 saturated carbocycles. The van der Waals surface area contributed by atoms with Crippen molar-refractivity contribution >= 4 is 23.4 Å². The molecule has 27 heavy (non-hydrogen) atoms. The van der Waals surface area contributed by atoms with Crippen LogP contribution in [0.4, 0.5) is 5.69 Å². The minimum atomic E-state index is -0.378. The highest BCUT2D eigenvalue weighted by Crippen LogP contribution is 2.20. The normalized spacial score (nSPS) is 12.8. The summed E-state index contributed by atoms with van der Waals surface area (Å²) in [6.07, 6.45) is 2.02. The van der Waals surface area contributed by atoms with Crippen molar-refractivity contribution in [2.75, 3.05) is 19.0 Å². The number of carbonyl (C=O) groups excluding carboxylic acids is 3. The van der Waals surface area contributed by atoms with E-state index in [0.717, 1.165) is 12.8 Å². The molecule has 0 aromatic heterocycles. The van der Waals surface area contributed by atoms with E-state index in [1.54, 1.807) is 55.6 Å². The van der Waals surface area contributed by atoms with Crippen molar-refractivity contribution in [1.29, 1.82) is 0 Å². The zero-order valence-electron chi connectivity index (χ0n) is 15.0. The number of ether oxygens (including phenoxy) is 1. The van der Waals surface area contributed by atoms with E-state index in [0.29, 0.717) is 22.6 Å². The zero-order chi connectivity index (χ0) is 19.2. The number of anilines is 1. The molecule has 0 bridgehead atoms. The largest absolute Gasteiger partial charge is 0.497 e. The summed E-state index contributed by atoms with van der Waals surface area (Å²) in [5.74, 6) is -0.238. The van der Waals surface area contributed by atoms with Crippen molar-refractivity contribution in [1.82, 2.24) is 10.6 Å². The van der Waals surface area contributed by atoms with Gasteiger partial charge in [-0.1, -0.05) is 6.07 Å². The fourth-order valence-electron chi connectivity index (χ4n) is 2.44. The van der Waals surface area contributed by atoms with Crippen molar-refractivity contribution in [2.45, 2.75) is 18.9 Å². The van der Waals surface area contributed by atoms with Crippen LogP contribution >= 0.6 is 0 Å². The number of carbonyl (C=O) groups is 3. The molecule has 0 saturated heterocycles. The SMILES string of the molecule is COc1ccc(C(=O)NCC(=O)Nc2cccc(C(=O)NC3CC3)c2)cc1. The third-order valence-electron chi connectivity index (χ3n) is 4.08. The Bertz CT molecular complexity index is 845. The lowest BCUT2D eigenvalue weighted by Crippen LogP contribution is -2.33. The van der Waals surface area contributed by atoms with E-state index in [1.165, 1.54) is 0 Å². The third kappa shape index (κ3) is 5.31. The van der Waals surface area contributed by atoms with Gasteiger partial charge in [-0.15, -0.1) is 0 Å². The first-order chi connectivity index (χ1) is 13.0. The maximum Gasteiger partial charge on any atom is 0.251 e. The van der Waals surface area contributed by atoms with E-state index >= 15 is 0 Å². The number of nitrogens with one attached hydrogen (secondary N) is 3. The summed E-state index contributed by atoms with van der Waals surface area (Å²) in [5.41, 5.74) is 1.42. The molecular weight excluding hydrogens is 346 g/mol. The average molecular weight is 367 g/mol. The van der Waals surface area contributed by atoms with Crippen LogP contribution in [0, 0.1) is 0 Å². The maximum atomic E-state index is 12.1. The van der Waals surface area contributed by atoms with Gasteiger partial charge in [0.15, 0.2) is 0 Å². The average Bonchev–Trinajstić information content (AvgIpc) is 3.50. The van der Waals surface area contributed by atoms with Gasteiger partial charge < -0.3 is 20.7 Å². The molecule has 2 aromatic rings. The second-order valence-corrected chi connectivity index (χ2v) is 6.29. The molecule has 0 radical (unpaired) electrons. The van der Waals surface area contributed by atoms with Gasteiger partial charge in [0.2, 0.25) is 5.91 Å². The van der Waals surface area contributed by atoms with Crippen LogP contribution in [0.1, 0.15) is 33.6 Å². The van der Waals surface area contributed by atoms with Gasteiger partial charge in [-0.2, -0.15) is 0 Å². The lowest BCUT2D eigenvalue weighted by atomic mass is 10.2. The van der Waals surface area contributed by atoms with Crippen LogP contribution in [0.5, 0.6) is 5.75 Å². The number of benzene rings is 2. The summed E-state index contributed by atoms with van der Waals surface area (Å²) in [4.78, 5) is 36.2. The lowest BCUT2D eigenvalue weighted by Gasteiger charge is -2.09. The summed E-state index contributed by atoms with van der Waals surface area (Å²) in [6, 6.07) is 13.6. The third-order valence-corrected chi connectivity index (χ3v) is 4.08. The number of methoxy groups -OCH3 is 1. The molecule has 2 aromatic carbocycles. The van der Waals surface area contributed by atoms with Gasteiger partial charge in [0.1, 0.15) is 5.75 Å². The molecule has 0 spiro atoms. The first kappa shape index (κ1) is 18.4. The Hall–Kier alpha value is -3.35. The molecule has 0 aliphatic heterocycles. The molecule has 3 amide bonds. The fraction of sp³-hybridized carbons (Fsp3) is 0.250. The summed E-state index contributed by atoms with van der Waals surface area (Å²) in [5, 5.41) is 8.13. The second kappa shape index (κ2) is 8.35. The van der Waals surface area contributed by atoms with Crippen LogP contribution in [0.2, 0.25) is 0 Å². The van der Waals surface area contributed by atoms with Gasteiger partial charge in [-0.25, -0.2) is 0 Å². The second-order valence-electron chi connectivity index (χ2n) is 6.29. The minimum Gasteiger partial charge on any atom is -0.497 e. The molecule has 0 heterocycles. The zero-order valence-corrected chi connectivity index (χ0v) is 15.0. The fourth-order valence-corrected chi connectivity index (χ4v) is 2.44. The topological polar surface area (TPSA) is 96.5 Å². The van der Waals surface area contributed by atoms with E-state index in [-0.39, 0.29) is 30.3 Å². The Morgan fingerprint density at radius 3 is 2.41 bits per heavy atom. The number of rotatable bonds is 7. The highest BCUT2D eigenvalue weighted by Gasteiger charge is 2.23. The van der Waals surface area contributed by atoms with Gasteiger partial charge in [0.05, 0.1) is 13.7 Å². The monoisotopic (exact) mass is 367 g/mol. The Balaban J connectivity index is 1.51. The Labute approximate surface area is 157 Å². The molecular formula is C20H21N3O4. The standard InChI is InChI=1S/C20H21N3O4/c1-27-17-9-5-13(6-10-17)19(25)21-12-18(24)22-16-4-2-3-14(11-16)20(26)23-15-7-8-15/h2-6,9-11,15H,7-8,12H2,1H3,(H,21,25)(H,22,24)(H,23,26). The minimum absolute atomic E-state index is 0.151. The summed E-state index contributed by atoms with van der Waals surface area (Å²) >= 11 is 0. The van der Waals surface area contributed by atoms with Crippen molar-refractivity contribution in [3.05, 3.63) is 59.7 Å². The molecule has 7 heteroatoms. The smallest absolute Gasteiger partial charge is 0.251 e. The predicted octanol–water partition coefficient (Wildman–Crippen LogP) is 1.96. The van der Waals surface area contributed by atoms with Gasteiger partial charge in [0.25, 0.3) is 11.8 Å². The first-order valence-electron chi connectivity index (χ1n) is 8.68. The van der Waals surface area contributed by atoms with Gasteiger partial charge >= 0.3 is 0 Å². The van der Waals surface area contributed by atoms with E-state index in [9.17, 15) is 14.4 Å². The van der Waals surface area contributed by atoms with Crippen LogP contribution in [0.3, 0.4) is 0 Å². The molecule has 140 valence electrons. The molecule has 1 aliphatic carbocycles. The van der Waals surface area contributed by atoms with Crippen molar-refractivity contribution in [2.24, 2.45) is 0 Å². The molecule has 3 N–H and O–H groups in total. The highest BCUT2D eigenvalue weighted by atomic mass is 16.5. The van der Waals surface area contributed by atoms with Gasteiger partial charge in [0, 0.05) is 22.9 Å². The van der Waals surface area contributed by atoms with E-state index in [2.05, 4.69) is 16.0 Å². The molecule has 1 aliphatic rings. The van der Waals surface area contributed by atoms with Crippen LogP contribution in [-0.2, 0) is 4.79 Å². The van der Waals surface area contributed by atoms with E-state index < -0.39 is 0 Å². The Kier molecular flexibility index (Phi) is 5.71. The van der Waals surface area contributed by atoms with Gasteiger partial charge in [-0.3, -0.25) is 14.4 Å². The lowest BCUT2D eigenvalue weighted by molar-refractivity contribution is -0.115. The van der Waals surface area contributed by atoms with Crippen molar-refractivity contribution < 1.29 is 19.1 Å². The first-order valence-corrected chi connectivity index (χ1v) is 8.68. The highest BCUT2D eigenvalue weighted by molar-refractivity contribution is 6.00. The number of hydrogen-bond donors (Lipinski definition) is 3. The molecule has 0 unspecified atom stereocenters. The maximum absolute atomic E-state index is 12.1. The van der Waals surface area contributed by atoms with Crippen LogP contribution in [0.25, 0.3) is 0 Å². The van der Waals surface area contributed by atoms with E-state index in [4.69, 9.17) is 4.74 Å². The Morgan fingerprint density at radius 2 is 1.74 bits per heavy atom. The molecule has 7 nitrogen and oxygen atoms in total. The number of amides is 3. The van der Waals surface area contributed by atoms with Crippen LogP contribution < -0.4 is 20.7 Å². The molecule has 1 fully saturated rings. The molecule has 0 atom stereocenters. The van der Waals surface area contributed by atoms with Crippen molar-refractivity contribution in [3.63, 3.8) is 0 Å². The molecule has 3 rings (SSSR count).